The molecule has 0 saturated carbocycles. The first-order chi connectivity index (χ1) is 15.1. The van der Waals surface area contributed by atoms with Crippen LogP contribution in [0.2, 0.25) is 0 Å². The molecule has 0 unspecified atom stereocenters. The summed E-state index contributed by atoms with van der Waals surface area (Å²) in [5.41, 5.74) is 2.14. The molecule has 33 heavy (non-hydrogen) atoms. The van der Waals surface area contributed by atoms with Crippen molar-refractivity contribution in [2.45, 2.75) is 79.1 Å². The summed E-state index contributed by atoms with van der Waals surface area (Å²) in [7, 11) is 1.65. The van der Waals surface area contributed by atoms with E-state index < -0.39 is 22.9 Å². The number of benzene rings is 1. The Bertz CT molecular complexity index is 958. The molecular weight excluding hydrogens is 419 g/mol. The van der Waals surface area contributed by atoms with Crippen molar-refractivity contribution in [3.8, 4) is 5.69 Å². The van der Waals surface area contributed by atoms with Crippen LogP contribution in [0.5, 0.6) is 0 Å². The molecule has 0 atom stereocenters. The summed E-state index contributed by atoms with van der Waals surface area (Å²) in [5, 5.41) is 21.1. The maximum absolute atomic E-state index is 11.8. The quantitative estimate of drug-likeness (QED) is 0.395. The summed E-state index contributed by atoms with van der Waals surface area (Å²) in [4.78, 5) is 11.8. The van der Waals surface area contributed by atoms with Gasteiger partial charge in [-0.15, -0.1) is 0 Å². The van der Waals surface area contributed by atoms with E-state index in [1.54, 1.807) is 21.3 Å². The fraction of sp³-hybridized carbons (Fsp3) is 0.583. The minimum atomic E-state index is -1.02. The Morgan fingerprint density at radius 3 is 2.27 bits per heavy atom. The van der Waals surface area contributed by atoms with Gasteiger partial charge in [0.25, 0.3) is 0 Å². The third kappa shape index (κ3) is 8.09. The molecule has 1 aromatic carbocycles. The van der Waals surface area contributed by atoms with E-state index in [9.17, 15) is 9.90 Å². The first kappa shape index (κ1) is 26.7. The smallest absolute Gasteiger partial charge is 0.407 e. The lowest BCUT2D eigenvalue weighted by atomic mass is 9.82. The number of rotatable bonds is 9. The number of aromatic nitrogens is 2. The number of anilines is 1. The highest BCUT2D eigenvalue weighted by atomic mass is 16.6. The van der Waals surface area contributed by atoms with Gasteiger partial charge in [-0.05, 0) is 92.0 Å². The van der Waals surface area contributed by atoms with Crippen molar-refractivity contribution in [2.75, 3.05) is 18.4 Å². The van der Waals surface area contributed by atoms with Gasteiger partial charge < -0.3 is 25.1 Å². The highest BCUT2D eigenvalue weighted by Crippen LogP contribution is 2.24. The number of alkyl carbamates (subject to hydrolysis) is 1. The Morgan fingerprint density at radius 1 is 1.06 bits per heavy atom. The maximum atomic E-state index is 11.8. The molecule has 2 rings (SSSR count). The lowest BCUT2D eigenvalue weighted by molar-refractivity contribution is -0.0893. The van der Waals surface area contributed by atoms with E-state index in [4.69, 9.17) is 9.39 Å². The molecule has 0 saturated heterocycles. The van der Waals surface area contributed by atoms with Crippen LogP contribution in [0, 0.1) is 13.8 Å². The van der Waals surface area contributed by atoms with Gasteiger partial charge in [0, 0.05) is 24.5 Å². The van der Waals surface area contributed by atoms with Crippen LogP contribution in [0.1, 0.15) is 59.9 Å². The number of hydrogen-bond donors (Lipinski definition) is 3. The number of nitrogens with zero attached hydrogens (tertiary/aromatic N) is 2. The number of aliphatic hydroxyl groups is 1. The Labute approximate surface area is 198 Å². The second-order valence-electron chi connectivity index (χ2n) is 10.3. The number of hydrogen-bond acceptors (Lipinski definition) is 6. The number of carbonyl (C=O) groups excluding carboxylic acids is 1. The summed E-state index contributed by atoms with van der Waals surface area (Å²) in [6.45, 7) is 17.5. The molecule has 0 aliphatic heterocycles. The Balaban J connectivity index is 2.16. The van der Waals surface area contributed by atoms with E-state index in [0.29, 0.717) is 13.1 Å². The number of nitrogens with one attached hydrogen (secondary N) is 2. The zero-order valence-corrected chi connectivity index (χ0v) is 21.4. The van der Waals surface area contributed by atoms with Gasteiger partial charge in [-0.1, -0.05) is 0 Å². The van der Waals surface area contributed by atoms with Gasteiger partial charge in [-0.25, -0.2) is 9.48 Å². The van der Waals surface area contributed by atoms with Gasteiger partial charge in [-0.3, -0.25) is 0 Å². The third-order valence-corrected chi connectivity index (χ3v) is 5.28. The predicted octanol–water partition coefficient (Wildman–Crippen LogP) is 3.24. The molecule has 1 radical (unpaired) electrons. The van der Waals surface area contributed by atoms with Crippen molar-refractivity contribution < 1.29 is 19.3 Å². The van der Waals surface area contributed by atoms with E-state index in [-0.39, 0.29) is 0 Å². The van der Waals surface area contributed by atoms with Gasteiger partial charge in [0.05, 0.1) is 22.6 Å². The maximum Gasteiger partial charge on any atom is 0.407 e. The van der Waals surface area contributed by atoms with Crippen molar-refractivity contribution in [2.24, 2.45) is 0 Å². The van der Waals surface area contributed by atoms with Crippen molar-refractivity contribution in [1.82, 2.24) is 15.1 Å². The van der Waals surface area contributed by atoms with Gasteiger partial charge >= 0.3 is 13.6 Å². The summed E-state index contributed by atoms with van der Waals surface area (Å²) in [6, 6.07) is 7.93. The second kappa shape index (κ2) is 10.2. The summed E-state index contributed by atoms with van der Waals surface area (Å²) < 4.78 is 13.1. The normalized spacial score (nSPS) is 12.4. The summed E-state index contributed by atoms with van der Waals surface area (Å²) in [5.74, 6) is 0. The van der Waals surface area contributed by atoms with Crippen LogP contribution in [0.15, 0.2) is 24.3 Å². The standard InChI is InChI=1S/C24H38BN4O4/c1-16-12-17(2)29(28-16)20-14-18(25-33-24(8,9)23(6,7)31)13-19(15-20)26-10-11-27-21(30)32-22(3,4)5/h12-15,26,31H,10-11H2,1-9H3,(H,27,30). The van der Waals surface area contributed by atoms with Crippen molar-refractivity contribution in [3.63, 3.8) is 0 Å². The largest absolute Gasteiger partial charge is 0.444 e. The molecule has 3 N–H and O–H groups in total. The van der Waals surface area contributed by atoms with Gasteiger partial charge in [0.1, 0.15) is 5.60 Å². The second-order valence-corrected chi connectivity index (χ2v) is 10.3. The van der Waals surface area contributed by atoms with Crippen LogP contribution in [0.4, 0.5) is 10.5 Å². The molecule has 9 heteroatoms. The minimum Gasteiger partial charge on any atom is -0.444 e. The fourth-order valence-electron chi connectivity index (χ4n) is 2.86. The summed E-state index contributed by atoms with van der Waals surface area (Å²) >= 11 is 0. The van der Waals surface area contributed by atoms with Crippen molar-refractivity contribution in [1.29, 1.82) is 0 Å². The van der Waals surface area contributed by atoms with Gasteiger partial charge in [0.2, 0.25) is 0 Å². The van der Waals surface area contributed by atoms with Crippen LogP contribution < -0.4 is 16.1 Å². The highest BCUT2D eigenvalue weighted by Gasteiger charge is 2.35. The van der Waals surface area contributed by atoms with Crippen molar-refractivity contribution >= 4 is 24.7 Å². The SMILES string of the molecule is Cc1cc(C)n(-c2cc([B]OC(C)(C)C(C)(C)O)cc(NCCNC(=O)OC(C)(C)C)c2)n1. The Morgan fingerprint density at radius 2 is 1.73 bits per heavy atom. The van der Waals surface area contributed by atoms with E-state index in [2.05, 4.69) is 15.7 Å². The first-order valence-electron chi connectivity index (χ1n) is 11.2. The van der Waals surface area contributed by atoms with Crippen LogP contribution in [-0.4, -0.2) is 58.4 Å². The van der Waals surface area contributed by atoms with E-state index in [0.717, 1.165) is 28.2 Å². The topological polar surface area (TPSA) is 97.6 Å². The molecule has 181 valence electrons. The zero-order chi connectivity index (χ0) is 25.0. The average Bonchev–Trinajstić information content (AvgIpc) is 2.99. The molecule has 8 nitrogen and oxygen atoms in total. The Hall–Kier alpha value is -2.52. The lowest BCUT2D eigenvalue weighted by Gasteiger charge is -2.37. The number of amides is 1. The van der Waals surface area contributed by atoms with Crippen molar-refractivity contribution in [3.05, 3.63) is 35.7 Å². The van der Waals surface area contributed by atoms with Crippen LogP contribution >= 0.6 is 0 Å². The predicted molar refractivity (Wildman–Crippen MR) is 133 cm³/mol. The molecule has 2 aromatic rings. The monoisotopic (exact) mass is 457 g/mol. The molecule has 0 spiro atoms. The number of ether oxygens (including phenoxy) is 1. The summed E-state index contributed by atoms with van der Waals surface area (Å²) in [6.07, 6.45) is -0.447. The van der Waals surface area contributed by atoms with Crippen LogP contribution in [0.3, 0.4) is 0 Å². The van der Waals surface area contributed by atoms with Gasteiger partial charge in [-0.2, -0.15) is 5.10 Å². The van der Waals surface area contributed by atoms with Gasteiger partial charge in [0.15, 0.2) is 0 Å². The Kier molecular flexibility index (Phi) is 8.24. The minimum absolute atomic E-state index is 0.403. The zero-order valence-electron chi connectivity index (χ0n) is 21.4. The number of aryl methyl sites for hydroxylation is 2. The molecule has 0 bridgehead atoms. The van der Waals surface area contributed by atoms with E-state index >= 15 is 0 Å². The molecule has 1 heterocycles. The molecule has 1 amide bonds. The number of carbonyl (C=O) groups is 1. The molecule has 0 aliphatic carbocycles. The van der Waals surface area contributed by atoms with Crippen LogP contribution in [0.25, 0.3) is 5.69 Å². The molecule has 1 aromatic heterocycles. The highest BCUT2D eigenvalue weighted by molar-refractivity contribution is 6.47. The molecular formula is C24H38BN4O4. The molecule has 0 fully saturated rings. The van der Waals surface area contributed by atoms with E-state index in [1.165, 1.54) is 0 Å². The van der Waals surface area contributed by atoms with E-state index in [1.807, 2.05) is 77.4 Å². The lowest BCUT2D eigenvalue weighted by Crippen LogP contribution is -2.49. The average molecular weight is 457 g/mol. The molecule has 0 aliphatic rings. The van der Waals surface area contributed by atoms with Crippen LogP contribution in [-0.2, 0) is 9.39 Å². The fourth-order valence-corrected chi connectivity index (χ4v) is 2.86. The third-order valence-electron chi connectivity index (χ3n) is 5.28. The first-order valence-corrected chi connectivity index (χ1v) is 11.2.